The Kier molecular flexibility index (Phi) is 8.08. The van der Waals surface area contributed by atoms with Crippen molar-refractivity contribution in [2.75, 3.05) is 29.1 Å². The Morgan fingerprint density at radius 3 is 2.18 bits per heavy atom. The number of carbonyl (C=O) groups excluding carboxylic acids is 2. The van der Waals surface area contributed by atoms with Crippen molar-refractivity contribution < 1.29 is 14.3 Å². The van der Waals surface area contributed by atoms with Crippen LogP contribution in [0.15, 0.2) is 78.9 Å². The van der Waals surface area contributed by atoms with E-state index in [9.17, 15) is 9.59 Å². The second-order valence-electron chi connectivity index (χ2n) is 8.80. The molecule has 0 fully saturated rings. The Bertz CT molecular complexity index is 1060. The van der Waals surface area contributed by atoms with Gasteiger partial charge in [0.2, 0.25) is 11.8 Å². The van der Waals surface area contributed by atoms with Gasteiger partial charge in [0.05, 0.1) is 13.2 Å². The first-order chi connectivity index (χ1) is 15.8. The van der Waals surface area contributed by atoms with Gasteiger partial charge in [-0.25, -0.2) is 0 Å². The van der Waals surface area contributed by atoms with Crippen LogP contribution in [0, 0.1) is 5.41 Å². The fourth-order valence-corrected chi connectivity index (χ4v) is 2.98. The molecule has 0 aliphatic carbocycles. The maximum Gasteiger partial charge on any atom is 0.243 e. The summed E-state index contributed by atoms with van der Waals surface area (Å²) in [4.78, 5) is 24.5. The van der Waals surface area contributed by atoms with Gasteiger partial charge in [-0.2, -0.15) is 0 Å². The van der Waals surface area contributed by atoms with Crippen molar-refractivity contribution in [1.29, 1.82) is 0 Å². The number of benzene rings is 3. The third-order valence-electron chi connectivity index (χ3n) is 4.90. The highest BCUT2D eigenvalue weighted by Gasteiger charge is 2.21. The molecule has 0 heterocycles. The summed E-state index contributed by atoms with van der Waals surface area (Å²) in [5.74, 6) is 0.526. The monoisotopic (exact) mass is 445 g/mol. The van der Waals surface area contributed by atoms with E-state index in [1.54, 1.807) is 6.07 Å². The molecule has 2 amide bonds. The van der Waals surface area contributed by atoms with E-state index in [0.29, 0.717) is 18.0 Å². The highest BCUT2D eigenvalue weighted by atomic mass is 16.5. The molecule has 0 aliphatic rings. The van der Waals surface area contributed by atoms with Crippen LogP contribution in [0.2, 0.25) is 0 Å². The van der Waals surface area contributed by atoms with E-state index in [0.717, 1.165) is 17.9 Å². The number of hydrogen-bond donors (Lipinski definition) is 3. The lowest BCUT2D eigenvalue weighted by molar-refractivity contribution is -0.123. The predicted octanol–water partition coefficient (Wildman–Crippen LogP) is 5.34. The summed E-state index contributed by atoms with van der Waals surface area (Å²) >= 11 is 0. The van der Waals surface area contributed by atoms with Crippen LogP contribution in [0.1, 0.15) is 26.3 Å². The fourth-order valence-electron chi connectivity index (χ4n) is 2.98. The van der Waals surface area contributed by atoms with E-state index in [2.05, 4.69) is 28.1 Å². The molecule has 0 unspecified atom stereocenters. The molecule has 33 heavy (non-hydrogen) atoms. The summed E-state index contributed by atoms with van der Waals surface area (Å²) in [6.45, 7) is 6.27. The van der Waals surface area contributed by atoms with Gasteiger partial charge >= 0.3 is 0 Å². The van der Waals surface area contributed by atoms with Gasteiger partial charge in [0, 0.05) is 28.9 Å². The molecule has 0 saturated carbocycles. The zero-order valence-corrected chi connectivity index (χ0v) is 19.4. The van der Waals surface area contributed by atoms with Crippen LogP contribution in [0.3, 0.4) is 0 Å². The van der Waals surface area contributed by atoms with Gasteiger partial charge in [-0.3, -0.25) is 9.59 Å². The minimum atomic E-state index is -0.480. The highest BCUT2D eigenvalue weighted by Crippen LogP contribution is 2.20. The molecule has 0 aliphatic heterocycles. The minimum Gasteiger partial charge on any atom is -0.493 e. The van der Waals surface area contributed by atoms with Crippen LogP contribution in [-0.2, 0) is 16.0 Å². The largest absolute Gasteiger partial charge is 0.493 e. The van der Waals surface area contributed by atoms with Crippen molar-refractivity contribution in [2.24, 2.45) is 5.41 Å². The number of carbonyl (C=O) groups is 2. The second kappa shape index (κ2) is 11.2. The van der Waals surface area contributed by atoms with E-state index in [1.165, 1.54) is 5.56 Å². The first kappa shape index (κ1) is 23.9. The molecule has 6 nitrogen and oxygen atoms in total. The van der Waals surface area contributed by atoms with E-state index in [-0.39, 0.29) is 18.4 Å². The van der Waals surface area contributed by atoms with Crippen LogP contribution >= 0.6 is 0 Å². The molecule has 0 bridgehead atoms. The Balaban J connectivity index is 1.43. The van der Waals surface area contributed by atoms with Crippen LogP contribution in [0.5, 0.6) is 5.75 Å². The standard InChI is InChI=1S/C27H31N3O3/c1-27(2,3)26(32)30-23-11-7-10-22(18-23)28-19-25(31)29-21-12-14-24(15-13-21)33-17-16-20-8-5-4-6-9-20/h4-15,18,28H,16-17,19H2,1-3H3,(H,29,31)(H,30,32). The second-order valence-corrected chi connectivity index (χ2v) is 8.80. The number of ether oxygens (including phenoxy) is 1. The number of amides is 2. The molecular formula is C27H31N3O3. The van der Waals surface area contributed by atoms with E-state index in [4.69, 9.17) is 4.74 Å². The average Bonchev–Trinajstić information content (AvgIpc) is 2.79. The van der Waals surface area contributed by atoms with Gasteiger partial charge in [0.25, 0.3) is 0 Å². The normalized spacial score (nSPS) is 10.9. The Morgan fingerprint density at radius 2 is 1.48 bits per heavy atom. The lowest BCUT2D eigenvalue weighted by Crippen LogP contribution is -2.27. The smallest absolute Gasteiger partial charge is 0.243 e. The van der Waals surface area contributed by atoms with E-state index < -0.39 is 5.41 Å². The van der Waals surface area contributed by atoms with Gasteiger partial charge in [0.15, 0.2) is 0 Å². The van der Waals surface area contributed by atoms with Crippen LogP contribution < -0.4 is 20.7 Å². The minimum absolute atomic E-state index is 0.0649. The average molecular weight is 446 g/mol. The van der Waals surface area contributed by atoms with Crippen molar-refractivity contribution in [1.82, 2.24) is 0 Å². The quantitative estimate of drug-likeness (QED) is 0.415. The Labute approximate surface area is 195 Å². The first-order valence-electron chi connectivity index (χ1n) is 11.0. The third kappa shape index (κ3) is 8.00. The molecule has 172 valence electrons. The third-order valence-corrected chi connectivity index (χ3v) is 4.90. The molecule has 3 aromatic carbocycles. The van der Waals surface area contributed by atoms with Crippen LogP contribution in [-0.4, -0.2) is 25.0 Å². The van der Waals surface area contributed by atoms with E-state index >= 15 is 0 Å². The first-order valence-corrected chi connectivity index (χ1v) is 11.0. The van der Waals surface area contributed by atoms with Crippen molar-refractivity contribution in [3.8, 4) is 5.75 Å². The Morgan fingerprint density at radius 1 is 0.788 bits per heavy atom. The molecular weight excluding hydrogens is 414 g/mol. The van der Waals surface area contributed by atoms with Crippen LogP contribution in [0.25, 0.3) is 0 Å². The van der Waals surface area contributed by atoms with Gasteiger partial charge in [-0.05, 0) is 48.0 Å². The SMILES string of the molecule is CC(C)(C)C(=O)Nc1cccc(NCC(=O)Nc2ccc(OCCc3ccccc3)cc2)c1. The van der Waals surface area contributed by atoms with E-state index in [1.807, 2.05) is 81.4 Å². The Hall–Kier alpha value is -3.80. The summed E-state index contributed by atoms with van der Waals surface area (Å²) < 4.78 is 5.78. The van der Waals surface area contributed by atoms with Crippen molar-refractivity contribution in [3.05, 3.63) is 84.4 Å². The summed E-state index contributed by atoms with van der Waals surface area (Å²) in [7, 11) is 0. The topological polar surface area (TPSA) is 79.5 Å². The van der Waals surface area contributed by atoms with Gasteiger partial charge in [-0.1, -0.05) is 57.2 Å². The lowest BCUT2D eigenvalue weighted by Gasteiger charge is -2.18. The highest BCUT2D eigenvalue weighted by molar-refractivity contribution is 5.95. The maximum absolute atomic E-state index is 12.3. The predicted molar refractivity (Wildman–Crippen MR) is 134 cm³/mol. The molecule has 0 radical (unpaired) electrons. The number of nitrogens with one attached hydrogen (secondary N) is 3. The molecule has 3 N–H and O–H groups in total. The molecule has 3 rings (SSSR count). The maximum atomic E-state index is 12.3. The number of hydrogen-bond acceptors (Lipinski definition) is 4. The molecule has 3 aromatic rings. The lowest BCUT2D eigenvalue weighted by atomic mass is 9.95. The molecule has 0 spiro atoms. The fraction of sp³-hybridized carbons (Fsp3) is 0.259. The molecule has 0 atom stereocenters. The van der Waals surface area contributed by atoms with Crippen molar-refractivity contribution in [3.63, 3.8) is 0 Å². The molecule has 6 heteroatoms. The summed E-state index contributed by atoms with van der Waals surface area (Å²) in [6, 6.07) is 24.8. The van der Waals surface area contributed by atoms with Gasteiger partial charge in [0.1, 0.15) is 5.75 Å². The van der Waals surface area contributed by atoms with Gasteiger partial charge in [-0.15, -0.1) is 0 Å². The van der Waals surface area contributed by atoms with Crippen molar-refractivity contribution in [2.45, 2.75) is 27.2 Å². The molecule has 0 saturated heterocycles. The zero-order chi connectivity index (χ0) is 23.7. The number of anilines is 3. The van der Waals surface area contributed by atoms with Gasteiger partial charge < -0.3 is 20.7 Å². The summed E-state index contributed by atoms with van der Waals surface area (Å²) in [5, 5.41) is 8.83. The summed E-state index contributed by atoms with van der Waals surface area (Å²) in [5.41, 5.74) is 2.88. The van der Waals surface area contributed by atoms with Crippen molar-refractivity contribution >= 4 is 28.9 Å². The summed E-state index contributed by atoms with van der Waals surface area (Å²) in [6.07, 6.45) is 0.839. The molecule has 0 aromatic heterocycles. The van der Waals surface area contributed by atoms with Crippen LogP contribution in [0.4, 0.5) is 17.1 Å². The zero-order valence-electron chi connectivity index (χ0n) is 19.4. The number of rotatable bonds is 9.